The van der Waals surface area contributed by atoms with Crippen LogP contribution in [0.4, 0.5) is 0 Å². The van der Waals surface area contributed by atoms with Crippen LogP contribution in [0.25, 0.3) is 10.8 Å². The summed E-state index contributed by atoms with van der Waals surface area (Å²) in [5.41, 5.74) is 3.43. The van der Waals surface area contributed by atoms with Crippen molar-refractivity contribution < 1.29 is 4.74 Å². The summed E-state index contributed by atoms with van der Waals surface area (Å²) in [6.07, 6.45) is 0. The second-order valence-corrected chi connectivity index (χ2v) is 5.59. The van der Waals surface area contributed by atoms with Gasteiger partial charge in [-0.3, -0.25) is 0 Å². The summed E-state index contributed by atoms with van der Waals surface area (Å²) < 4.78 is 5.30. The highest BCUT2D eigenvalue weighted by Gasteiger charge is 2.16. The smallest absolute Gasteiger partial charge is 0.119 e. The number of hydrogen-bond donors (Lipinski definition) is 0. The van der Waals surface area contributed by atoms with Crippen LogP contribution in [-0.2, 0) is 0 Å². The second kappa shape index (κ2) is 5.79. The van der Waals surface area contributed by atoms with Crippen molar-refractivity contribution in [2.24, 2.45) is 0 Å². The average molecular weight is 297 g/mol. The van der Waals surface area contributed by atoms with Crippen LogP contribution in [0.15, 0.2) is 60.7 Å². The fourth-order valence-corrected chi connectivity index (χ4v) is 3.13. The molecule has 106 valence electrons. The topological polar surface area (TPSA) is 9.23 Å². The Balaban J connectivity index is 2.16. The maximum absolute atomic E-state index is 6.79. The number of alkyl halides is 1. The van der Waals surface area contributed by atoms with Gasteiger partial charge < -0.3 is 4.74 Å². The third-order valence-corrected chi connectivity index (χ3v) is 4.30. The van der Waals surface area contributed by atoms with Crippen LogP contribution < -0.4 is 4.74 Å². The third-order valence-electron chi connectivity index (χ3n) is 3.83. The molecule has 1 nitrogen and oxygen atoms in total. The van der Waals surface area contributed by atoms with E-state index in [0.29, 0.717) is 0 Å². The Kier molecular flexibility index (Phi) is 3.85. The number of fused-ring (bicyclic) bond motifs is 1. The molecule has 0 amide bonds. The summed E-state index contributed by atoms with van der Waals surface area (Å²) in [5.74, 6) is 0.830. The Morgan fingerprint density at radius 2 is 1.76 bits per heavy atom. The van der Waals surface area contributed by atoms with E-state index in [9.17, 15) is 0 Å². The monoisotopic (exact) mass is 296 g/mol. The molecule has 21 heavy (non-hydrogen) atoms. The van der Waals surface area contributed by atoms with Crippen molar-refractivity contribution in [3.63, 3.8) is 0 Å². The molecular formula is C19H17ClO. The molecule has 2 heteroatoms. The zero-order chi connectivity index (χ0) is 14.8. The molecule has 0 radical (unpaired) electrons. The first-order chi connectivity index (χ1) is 10.2. The van der Waals surface area contributed by atoms with Gasteiger partial charge in [-0.15, -0.1) is 11.6 Å². The molecule has 0 heterocycles. The lowest BCUT2D eigenvalue weighted by Gasteiger charge is -2.17. The minimum Gasteiger partial charge on any atom is -0.497 e. The zero-order valence-electron chi connectivity index (χ0n) is 12.1. The summed E-state index contributed by atoms with van der Waals surface area (Å²) in [7, 11) is 1.67. The Morgan fingerprint density at radius 1 is 0.952 bits per heavy atom. The van der Waals surface area contributed by atoms with Crippen molar-refractivity contribution >= 4 is 22.4 Å². The van der Waals surface area contributed by atoms with Crippen molar-refractivity contribution in [1.29, 1.82) is 0 Å². The van der Waals surface area contributed by atoms with Crippen molar-refractivity contribution in [1.82, 2.24) is 0 Å². The minimum atomic E-state index is -0.189. The fraction of sp³-hybridized carbons (Fsp3) is 0.158. The molecule has 0 aliphatic carbocycles. The van der Waals surface area contributed by atoms with Gasteiger partial charge in [0.25, 0.3) is 0 Å². The van der Waals surface area contributed by atoms with Gasteiger partial charge in [0.05, 0.1) is 12.5 Å². The molecule has 0 N–H and O–H groups in total. The van der Waals surface area contributed by atoms with E-state index in [-0.39, 0.29) is 5.38 Å². The maximum Gasteiger partial charge on any atom is 0.119 e. The molecule has 0 bridgehead atoms. The minimum absolute atomic E-state index is 0.189. The second-order valence-electron chi connectivity index (χ2n) is 5.16. The summed E-state index contributed by atoms with van der Waals surface area (Å²) in [5, 5.41) is 2.23. The van der Waals surface area contributed by atoms with Crippen molar-refractivity contribution in [3.05, 3.63) is 77.4 Å². The molecule has 3 aromatic rings. The van der Waals surface area contributed by atoms with Crippen LogP contribution in [0.5, 0.6) is 5.75 Å². The van der Waals surface area contributed by atoms with Crippen molar-refractivity contribution in [2.45, 2.75) is 12.3 Å². The molecule has 1 unspecified atom stereocenters. The molecule has 0 spiro atoms. The van der Waals surface area contributed by atoms with E-state index < -0.39 is 0 Å². The van der Waals surface area contributed by atoms with Crippen LogP contribution in [0.3, 0.4) is 0 Å². The van der Waals surface area contributed by atoms with Gasteiger partial charge >= 0.3 is 0 Å². The van der Waals surface area contributed by atoms with E-state index in [0.717, 1.165) is 11.3 Å². The fourth-order valence-electron chi connectivity index (χ4n) is 2.71. The van der Waals surface area contributed by atoms with Crippen LogP contribution >= 0.6 is 11.6 Å². The largest absolute Gasteiger partial charge is 0.497 e. The standard InChI is InChI=1S/C19H17ClO/c1-13-10-11-14-6-3-4-9-17(14)18(13)19(20)15-7-5-8-16(12-15)21-2/h3-12,19H,1-2H3. The van der Waals surface area contributed by atoms with Gasteiger partial charge in [0.1, 0.15) is 5.75 Å². The number of aryl methyl sites for hydroxylation is 1. The van der Waals surface area contributed by atoms with Gasteiger partial charge in [0, 0.05) is 0 Å². The highest BCUT2D eigenvalue weighted by atomic mass is 35.5. The van der Waals surface area contributed by atoms with Gasteiger partial charge in [-0.1, -0.05) is 48.5 Å². The number of halogens is 1. The predicted molar refractivity (Wildman–Crippen MR) is 89.4 cm³/mol. The number of rotatable bonds is 3. The predicted octanol–water partition coefficient (Wildman–Crippen LogP) is 5.49. The van der Waals surface area contributed by atoms with Gasteiger partial charge in [0.15, 0.2) is 0 Å². The van der Waals surface area contributed by atoms with E-state index in [2.05, 4.69) is 43.3 Å². The van der Waals surface area contributed by atoms with E-state index in [1.54, 1.807) is 7.11 Å². The summed E-state index contributed by atoms with van der Waals surface area (Å²) in [6, 6.07) is 20.6. The molecule has 1 atom stereocenters. The number of ether oxygens (including phenoxy) is 1. The Hall–Kier alpha value is -1.99. The summed E-state index contributed by atoms with van der Waals surface area (Å²) >= 11 is 6.79. The molecule has 0 aromatic heterocycles. The first-order valence-corrected chi connectivity index (χ1v) is 7.40. The quantitative estimate of drug-likeness (QED) is 0.581. The average Bonchev–Trinajstić information content (AvgIpc) is 2.54. The van der Waals surface area contributed by atoms with E-state index in [1.165, 1.54) is 21.9 Å². The highest BCUT2D eigenvalue weighted by molar-refractivity contribution is 6.23. The normalized spacial score (nSPS) is 12.3. The number of hydrogen-bond acceptors (Lipinski definition) is 1. The van der Waals surface area contributed by atoms with E-state index in [4.69, 9.17) is 16.3 Å². The molecule has 0 saturated carbocycles. The van der Waals surface area contributed by atoms with Crippen molar-refractivity contribution in [2.75, 3.05) is 7.11 Å². The van der Waals surface area contributed by atoms with Gasteiger partial charge in [-0.2, -0.15) is 0 Å². The van der Waals surface area contributed by atoms with E-state index in [1.807, 2.05) is 24.3 Å². The highest BCUT2D eigenvalue weighted by Crippen LogP contribution is 2.37. The maximum atomic E-state index is 6.79. The van der Waals surface area contributed by atoms with Crippen LogP contribution in [-0.4, -0.2) is 7.11 Å². The zero-order valence-corrected chi connectivity index (χ0v) is 12.9. The van der Waals surface area contributed by atoms with Gasteiger partial charge in [-0.05, 0) is 46.5 Å². The van der Waals surface area contributed by atoms with Gasteiger partial charge in [-0.25, -0.2) is 0 Å². The molecule has 0 saturated heterocycles. The first-order valence-electron chi connectivity index (χ1n) is 6.97. The molecular weight excluding hydrogens is 280 g/mol. The van der Waals surface area contributed by atoms with E-state index >= 15 is 0 Å². The SMILES string of the molecule is COc1cccc(C(Cl)c2c(C)ccc3ccccc23)c1. The lowest BCUT2D eigenvalue weighted by atomic mass is 9.94. The molecule has 0 fully saturated rings. The van der Waals surface area contributed by atoms with Crippen molar-refractivity contribution in [3.8, 4) is 5.75 Å². The molecule has 3 rings (SSSR count). The molecule has 0 aliphatic rings. The van der Waals surface area contributed by atoms with Crippen LogP contribution in [0.2, 0.25) is 0 Å². The van der Waals surface area contributed by atoms with Gasteiger partial charge in [0.2, 0.25) is 0 Å². The summed E-state index contributed by atoms with van der Waals surface area (Å²) in [4.78, 5) is 0. The summed E-state index contributed by atoms with van der Waals surface area (Å²) in [6.45, 7) is 2.11. The van der Waals surface area contributed by atoms with Crippen LogP contribution in [0.1, 0.15) is 22.1 Å². The Labute approximate surface area is 130 Å². The Bertz CT molecular complexity index is 779. The number of benzene rings is 3. The lowest BCUT2D eigenvalue weighted by molar-refractivity contribution is 0.414. The molecule has 0 aliphatic heterocycles. The number of methoxy groups -OCH3 is 1. The molecule has 3 aromatic carbocycles. The lowest BCUT2D eigenvalue weighted by Crippen LogP contribution is -1.98. The third kappa shape index (κ3) is 2.62. The Morgan fingerprint density at radius 3 is 2.57 bits per heavy atom. The van der Waals surface area contributed by atoms with Crippen LogP contribution in [0, 0.1) is 6.92 Å². The first kappa shape index (κ1) is 14.0.